The highest BCUT2D eigenvalue weighted by Crippen LogP contribution is 2.11. The van der Waals surface area contributed by atoms with Gasteiger partial charge in [-0.3, -0.25) is 0 Å². The first-order chi connectivity index (χ1) is 8.99. The van der Waals surface area contributed by atoms with Crippen molar-refractivity contribution >= 4 is 9.84 Å². The van der Waals surface area contributed by atoms with Gasteiger partial charge < -0.3 is 10.4 Å². The van der Waals surface area contributed by atoms with Crippen molar-refractivity contribution < 1.29 is 13.5 Å². The fourth-order valence-corrected chi connectivity index (χ4v) is 2.67. The van der Waals surface area contributed by atoms with E-state index >= 15 is 0 Å². The lowest BCUT2D eigenvalue weighted by Gasteiger charge is -2.09. The minimum atomic E-state index is -3.34. The number of nitriles is 1. The van der Waals surface area contributed by atoms with Crippen LogP contribution in [-0.4, -0.2) is 38.5 Å². The summed E-state index contributed by atoms with van der Waals surface area (Å²) in [5.74, 6) is -0.0324. The van der Waals surface area contributed by atoms with Crippen LogP contribution >= 0.6 is 0 Å². The summed E-state index contributed by atoms with van der Waals surface area (Å²) in [7, 11) is -3.34. The molecule has 0 fully saturated rings. The van der Waals surface area contributed by atoms with Crippen molar-refractivity contribution in [1.29, 1.82) is 5.26 Å². The van der Waals surface area contributed by atoms with Gasteiger partial charge >= 0.3 is 0 Å². The summed E-state index contributed by atoms with van der Waals surface area (Å²) in [4.78, 5) is 0.212. The van der Waals surface area contributed by atoms with Crippen LogP contribution in [0.4, 0.5) is 0 Å². The number of nitrogens with one attached hydrogen (secondary N) is 1. The fourth-order valence-electron chi connectivity index (χ4n) is 1.47. The van der Waals surface area contributed by atoms with Gasteiger partial charge in [-0.1, -0.05) is 6.92 Å². The summed E-state index contributed by atoms with van der Waals surface area (Å²) >= 11 is 0. The van der Waals surface area contributed by atoms with Gasteiger partial charge in [0.05, 0.1) is 28.4 Å². The summed E-state index contributed by atoms with van der Waals surface area (Å²) in [6.07, 6.45) is 0.188. The van der Waals surface area contributed by atoms with E-state index in [0.717, 1.165) is 0 Å². The van der Waals surface area contributed by atoms with Gasteiger partial charge in [-0.05, 0) is 30.7 Å². The zero-order chi connectivity index (χ0) is 14.3. The van der Waals surface area contributed by atoms with Gasteiger partial charge in [0.1, 0.15) is 0 Å². The third kappa shape index (κ3) is 4.99. The van der Waals surface area contributed by atoms with Gasteiger partial charge in [-0.25, -0.2) is 8.42 Å². The predicted molar refractivity (Wildman–Crippen MR) is 72.4 cm³/mol. The van der Waals surface area contributed by atoms with Crippen LogP contribution in [0.15, 0.2) is 29.2 Å². The minimum absolute atomic E-state index is 0.0324. The van der Waals surface area contributed by atoms with Crippen LogP contribution in [0.2, 0.25) is 0 Å². The van der Waals surface area contributed by atoms with E-state index in [1.165, 1.54) is 24.3 Å². The lowest BCUT2D eigenvalue weighted by molar-refractivity contribution is 0.168. The number of rotatable bonds is 7. The van der Waals surface area contributed by atoms with Crippen LogP contribution in [-0.2, 0) is 9.84 Å². The van der Waals surface area contributed by atoms with Crippen molar-refractivity contribution in [2.75, 3.05) is 18.8 Å². The third-order valence-corrected chi connectivity index (χ3v) is 4.47. The fraction of sp³-hybridized carbons (Fsp3) is 0.462. The SMILES string of the molecule is CCC(O)CNCCS(=O)(=O)c1ccc(C#N)cc1. The lowest BCUT2D eigenvalue weighted by atomic mass is 10.2. The Kier molecular flexibility index (Phi) is 5.96. The molecule has 0 aromatic heterocycles. The van der Waals surface area contributed by atoms with Gasteiger partial charge in [0.2, 0.25) is 0 Å². The summed E-state index contributed by atoms with van der Waals surface area (Å²) in [5, 5.41) is 20.9. The van der Waals surface area contributed by atoms with Crippen molar-refractivity contribution in [1.82, 2.24) is 5.32 Å². The van der Waals surface area contributed by atoms with Gasteiger partial charge in [0, 0.05) is 13.1 Å². The molecule has 5 nitrogen and oxygen atoms in total. The molecular formula is C13H18N2O3S. The van der Waals surface area contributed by atoms with Crippen LogP contribution < -0.4 is 5.32 Å². The molecule has 2 N–H and O–H groups in total. The van der Waals surface area contributed by atoms with E-state index in [1.54, 1.807) is 0 Å². The second kappa shape index (κ2) is 7.24. The number of benzene rings is 1. The Balaban J connectivity index is 2.54. The van der Waals surface area contributed by atoms with E-state index in [-0.39, 0.29) is 10.6 Å². The molecular weight excluding hydrogens is 264 g/mol. The first-order valence-corrected chi connectivity index (χ1v) is 7.76. The zero-order valence-electron chi connectivity index (χ0n) is 10.8. The molecule has 6 heteroatoms. The average Bonchev–Trinajstić information content (AvgIpc) is 2.43. The second-order valence-electron chi connectivity index (χ2n) is 4.22. The highest BCUT2D eigenvalue weighted by Gasteiger charge is 2.13. The maximum Gasteiger partial charge on any atom is 0.179 e. The van der Waals surface area contributed by atoms with Crippen LogP contribution in [0, 0.1) is 11.3 Å². The zero-order valence-corrected chi connectivity index (χ0v) is 11.7. The minimum Gasteiger partial charge on any atom is -0.392 e. The summed E-state index contributed by atoms with van der Waals surface area (Å²) in [6.45, 7) is 2.54. The van der Waals surface area contributed by atoms with Gasteiger partial charge in [0.15, 0.2) is 9.84 Å². The monoisotopic (exact) mass is 282 g/mol. The Hall–Kier alpha value is -1.42. The molecule has 0 heterocycles. The first kappa shape index (κ1) is 15.6. The Morgan fingerprint density at radius 1 is 1.37 bits per heavy atom. The number of hydrogen-bond acceptors (Lipinski definition) is 5. The second-order valence-corrected chi connectivity index (χ2v) is 6.33. The van der Waals surface area contributed by atoms with Crippen molar-refractivity contribution in [2.45, 2.75) is 24.3 Å². The van der Waals surface area contributed by atoms with Crippen LogP contribution in [0.25, 0.3) is 0 Å². The highest BCUT2D eigenvalue weighted by molar-refractivity contribution is 7.91. The van der Waals surface area contributed by atoms with Crippen molar-refractivity contribution in [3.63, 3.8) is 0 Å². The van der Waals surface area contributed by atoms with E-state index < -0.39 is 15.9 Å². The van der Waals surface area contributed by atoms with E-state index in [9.17, 15) is 13.5 Å². The molecule has 0 aliphatic rings. The van der Waals surface area contributed by atoms with Gasteiger partial charge in [0.25, 0.3) is 0 Å². The molecule has 0 aliphatic carbocycles. The maximum atomic E-state index is 12.0. The highest BCUT2D eigenvalue weighted by atomic mass is 32.2. The maximum absolute atomic E-state index is 12.0. The number of nitrogens with zero attached hydrogens (tertiary/aromatic N) is 1. The molecule has 0 saturated heterocycles. The molecule has 19 heavy (non-hydrogen) atoms. The molecule has 0 aliphatic heterocycles. The predicted octanol–water partition coefficient (Wildman–Crippen LogP) is 0.692. The Morgan fingerprint density at radius 3 is 2.53 bits per heavy atom. The molecule has 1 aromatic carbocycles. The Bertz CT molecular complexity index is 532. The van der Waals surface area contributed by atoms with Crippen molar-refractivity contribution in [3.8, 4) is 6.07 Å². The Labute approximate surface area is 113 Å². The van der Waals surface area contributed by atoms with Crippen LogP contribution in [0.5, 0.6) is 0 Å². The molecule has 1 rings (SSSR count). The quantitative estimate of drug-likeness (QED) is 0.718. The van der Waals surface area contributed by atoms with Crippen molar-refractivity contribution in [3.05, 3.63) is 29.8 Å². The summed E-state index contributed by atoms with van der Waals surface area (Å²) in [6, 6.07) is 7.79. The molecule has 104 valence electrons. The summed E-state index contributed by atoms with van der Waals surface area (Å²) in [5.41, 5.74) is 0.433. The number of aliphatic hydroxyl groups excluding tert-OH is 1. The Morgan fingerprint density at radius 2 is 2.00 bits per heavy atom. The number of hydrogen-bond donors (Lipinski definition) is 2. The molecule has 0 radical (unpaired) electrons. The standard InChI is InChI=1S/C13H18N2O3S/c1-2-12(16)10-15-7-8-19(17,18)13-5-3-11(9-14)4-6-13/h3-6,12,15-16H,2,7-8,10H2,1H3. The van der Waals surface area contributed by atoms with Crippen LogP contribution in [0.1, 0.15) is 18.9 Å². The molecule has 1 atom stereocenters. The summed E-state index contributed by atoms with van der Waals surface area (Å²) < 4.78 is 23.9. The largest absolute Gasteiger partial charge is 0.392 e. The number of sulfone groups is 1. The van der Waals surface area contributed by atoms with Crippen LogP contribution in [0.3, 0.4) is 0 Å². The molecule has 0 bridgehead atoms. The normalized spacial score (nSPS) is 12.9. The number of aliphatic hydroxyl groups is 1. The topological polar surface area (TPSA) is 90.2 Å². The van der Waals surface area contributed by atoms with Gasteiger partial charge in [-0.15, -0.1) is 0 Å². The van der Waals surface area contributed by atoms with E-state index in [1.807, 2.05) is 13.0 Å². The molecule has 0 spiro atoms. The first-order valence-electron chi connectivity index (χ1n) is 6.11. The molecule has 0 saturated carbocycles. The third-order valence-electron chi connectivity index (χ3n) is 2.74. The molecule has 1 unspecified atom stereocenters. The lowest BCUT2D eigenvalue weighted by Crippen LogP contribution is -2.30. The van der Waals surface area contributed by atoms with E-state index in [4.69, 9.17) is 5.26 Å². The smallest absolute Gasteiger partial charge is 0.179 e. The van der Waals surface area contributed by atoms with E-state index in [0.29, 0.717) is 25.1 Å². The average molecular weight is 282 g/mol. The molecule has 0 amide bonds. The van der Waals surface area contributed by atoms with E-state index in [2.05, 4.69) is 5.32 Å². The van der Waals surface area contributed by atoms with Gasteiger partial charge in [-0.2, -0.15) is 5.26 Å². The van der Waals surface area contributed by atoms with Crippen molar-refractivity contribution in [2.24, 2.45) is 0 Å². The molecule has 1 aromatic rings.